The molecule has 0 saturated heterocycles. The smallest absolute Gasteiger partial charge is 0.163 e. The predicted octanol–water partition coefficient (Wildman–Crippen LogP) is 3.35. The van der Waals surface area contributed by atoms with Crippen LogP contribution in [-0.2, 0) is 0 Å². The average Bonchev–Trinajstić information content (AvgIpc) is 2.68. The molecule has 0 aliphatic rings. The molecule has 0 aliphatic carbocycles. The lowest BCUT2D eigenvalue weighted by molar-refractivity contribution is 0.877. The van der Waals surface area contributed by atoms with Crippen molar-refractivity contribution < 1.29 is 0 Å². The van der Waals surface area contributed by atoms with E-state index in [9.17, 15) is 0 Å². The third-order valence-electron chi connectivity index (χ3n) is 3.12. The van der Waals surface area contributed by atoms with Gasteiger partial charge in [-0.3, -0.25) is 0 Å². The molecule has 0 N–H and O–H groups in total. The maximum atomic E-state index is 4.58. The first-order chi connectivity index (χ1) is 8.65. The van der Waals surface area contributed by atoms with Crippen LogP contribution in [0.3, 0.4) is 0 Å². The molecule has 0 spiro atoms. The molecule has 3 rings (SSSR count). The van der Waals surface area contributed by atoms with Crippen LogP contribution in [0, 0.1) is 20.8 Å². The Labute approximate surface area is 106 Å². The Bertz CT molecular complexity index is 708. The summed E-state index contributed by atoms with van der Waals surface area (Å²) in [5, 5.41) is 5.71. The number of hydrogen-bond donors (Lipinski definition) is 0. The van der Waals surface area contributed by atoms with Crippen LogP contribution in [0.15, 0.2) is 36.5 Å². The van der Waals surface area contributed by atoms with Gasteiger partial charge < -0.3 is 0 Å². The highest BCUT2D eigenvalue weighted by atomic mass is 15.3. The summed E-state index contributed by atoms with van der Waals surface area (Å²) in [6.07, 6.45) is 1.88. The van der Waals surface area contributed by atoms with Gasteiger partial charge in [0.25, 0.3) is 0 Å². The standard InChI is InChI=1S/C15H15N3/c1-10-4-6-13(7-5-10)18-15-14(12(3)17-18)8-11(2)9-16-15/h4-9H,1-3H3. The summed E-state index contributed by atoms with van der Waals surface area (Å²) in [6, 6.07) is 10.5. The summed E-state index contributed by atoms with van der Waals surface area (Å²) < 4.78 is 1.91. The maximum Gasteiger partial charge on any atom is 0.163 e. The molecule has 0 unspecified atom stereocenters. The average molecular weight is 237 g/mol. The lowest BCUT2D eigenvalue weighted by atomic mass is 10.2. The maximum absolute atomic E-state index is 4.58. The van der Waals surface area contributed by atoms with E-state index in [1.54, 1.807) is 0 Å². The van der Waals surface area contributed by atoms with Crippen molar-refractivity contribution in [3.8, 4) is 5.69 Å². The number of nitrogens with zero attached hydrogens (tertiary/aromatic N) is 3. The highest BCUT2D eigenvalue weighted by Crippen LogP contribution is 2.20. The van der Waals surface area contributed by atoms with Crippen LogP contribution in [-0.4, -0.2) is 14.8 Å². The number of pyridine rings is 1. The van der Waals surface area contributed by atoms with Gasteiger partial charge in [-0.25, -0.2) is 9.67 Å². The first kappa shape index (κ1) is 11.0. The van der Waals surface area contributed by atoms with E-state index in [1.165, 1.54) is 5.56 Å². The van der Waals surface area contributed by atoms with E-state index in [1.807, 2.05) is 17.8 Å². The van der Waals surface area contributed by atoms with Crippen LogP contribution in [0.2, 0.25) is 0 Å². The molecule has 3 nitrogen and oxygen atoms in total. The highest BCUT2D eigenvalue weighted by molar-refractivity contribution is 5.80. The van der Waals surface area contributed by atoms with E-state index in [0.29, 0.717) is 0 Å². The van der Waals surface area contributed by atoms with Crippen LogP contribution in [0.1, 0.15) is 16.8 Å². The summed E-state index contributed by atoms with van der Waals surface area (Å²) in [7, 11) is 0. The molecule has 90 valence electrons. The fourth-order valence-electron chi connectivity index (χ4n) is 2.11. The Morgan fingerprint density at radius 1 is 0.944 bits per heavy atom. The fraction of sp³-hybridized carbons (Fsp3) is 0.200. The Hall–Kier alpha value is -2.16. The van der Waals surface area contributed by atoms with Gasteiger partial charge in [-0.2, -0.15) is 5.10 Å². The fourth-order valence-corrected chi connectivity index (χ4v) is 2.11. The second-order valence-corrected chi connectivity index (χ2v) is 4.72. The molecular formula is C15H15N3. The van der Waals surface area contributed by atoms with Crippen LogP contribution in [0.5, 0.6) is 0 Å². The molecule has 0 amide bonds. The SMILES string of the molecule is Cc1ccc(-n2nc(C)c3cc(C)cnc32)cc1. The van der Waals surface area contributed by atoms with Gasteiger partial charge in [0.15, 0.2) is 5.65 Å². The van der Waals surface area contributed by atoms with Crippen molar-refractivity contribution in [2.75, 3.05) is 0 Å². The molecule has 18 heavy (non-hydrogen) atoms. The summed E-state index contributed by atoms with van der Waals surface area (Å²) in [6.45, 7) is 6.15. The van der Waals surface area contributed by atoms with Gasteiger partial charge >= 0.3 is 0 Å². The minimum atomic E-state index is 0.918. The molecule has 0 atom stereocenters. The summed E-state index contributed by atoms with van der Waals surface area (Å²) in [4.78, 5) is 4.50. The second kappa shape index (κ2) is 3.95. The van der Waals surface area contributed by atoms with Gasteiger partial charge in [0.05, 0.1) is 11.4 Å². The van der Waals surface area contributed by atoms with E-state index in [2.05, 4.69) is 54.3 Å². The normalized spacial score (nSPS) is 11.1. The largest absolute Gasteiger partial charge is 0.236 e. The van der Waals surface area contributed by atoms with Gasteiger partial charge in [0, 0.05) is 11.6 Å². The van der Waals surface area contributed by atoms with E-state index in [0.717, 1.165) is 28.0 Å². The Morgan fingerprint density at radius 3 is 2.39 bits per heavy atom. The molecule has 0 saturated carbocycles. The van der Waals surface area contributed by atoms with Crippen molar-refractivity contribution in [1.29, 1.82) is 0 Å². The third-order valence-corrected chi connectivity index (χ3v) is 3.12. The summed E-state index contributed by atoms with van der Waals surface area (Å²) in [5.74, 6) is 0. The van der Waals surface area contributed by atoms with Crippen LogP contribution >= 0.6 is 0 Å². The van der Waals surface area contributed by atoms with E-state index in [-0.39, 0.29) is 0 Å². The topological polar surface area (TPSA) is 30.7 Å². The second-order valence-electron chi connectivity index (χ2n) is 4.72. The van der Waals surface area contributed by atoms with Gasteiger partial charge in [-0.15, -0.1) is 0 Å². The Balaban J connectivity index is 2.26. The molecule has 3 aromatic rings. The van der Waals surface area contributed by atoms with E-state index >= 15 is 0 Å². The van der Waals surface area contributed by atoms with Crippen molar-refractivity contribution in [3.05, 3.63) is 53.3 Å². The molecule has 1 aromatic carbocycles. The van der Waals surface area contributed by atoms with Crippen molar-refractivity contribution in [2.45, 2.75) is 20.8 Å². The van der Waals surface area contributed by atoms with Crippen molar-refractivity contribution in [1.82, 2.24) is 14.8 Å². The first-order valence-electron chi connectivity index (χ1n) is 6.04. The quantitative estimate of drug-likeness (QED) is 0.650. The summed E-state index contributed by atoms with van der Waals surface area (Å²) >= 11 is 0. The zero-order valence-electron chi connectivity index (χ0n) is 10.8. The van der Waals surface area contributed by atoms with Crippen LogP contribution in [0.25, 0.3) is 16.7 Å². The lowest BCUT2D eigenvalue weighted by Crippen LogP contribution is -1.97. The zero-order chi connectivity index (χ0) is 12.7. The third kappa shape index (κ3) is 1.68. The first-order valence-corrected chi connectivity index (χ1v) is 6.04. The number of aromatic nitrogens is 3. The number of rotatable bonds is 1. The van der Waals surface area contributed by atoms with Gasteiger partial charge in [0.2, 0.25) is 0 Å². The molecule has 2 heterocycles. The molecule has 0 fully saturated rings. The van der Waals surface area contributed by atoms with Crippen molar-refractivity contribution >= 4 is 11.0 Å². The number of aryl methyl sites for hydroxylation is 3. The molecule has 3 heteroatoms. The highest BCUT2D eigenvalue weighted by Gasteiger charge is 2.09. The predicted molar refractivity (Wildman–Crippen MR) is 73.1 cm³/mol. The molecular weight excluding hydrogens is 222 g/mol. The molecule has 2 aromatic heterocycles. The van der Waals surface area contributed by atoms with Gasteiger partial charge in [-0.1, -0.05) is 17.7 Å². The number of hydrogen-bond acceptors (Lipinski definition) is 2. The zero-order valence-corrected chi connectivity index (χ0v) is 10.8. The minimum absolute atomic E-state index is 0.918. The Kier molecular flexibility index (Phi) is 2.40. The Morgan fingerprint density at radius 2 is 1.67 bits per heavy atom. The number of benzene rings is 1. The van der Waals surface area contributed by atoms with Gasteiger partial charge in [0.1, 0.15) is 0 Å². The van der Waals surface area contributed by atoms with Crippen LogP contribution < -0.4 is 0 Å². The molecule has 0 radical (unpaired) electrons. The van der Waals surface area contributed by atoms with Crippen molar-refractivity contribution in [2.24, 2.45) is 0 Å². The minimum Gasteiger partial charge on any atom is -0.236 e. The summed E-state index contributed by atoms with van der Waals surface area (Å²) in [5.41, 5.74) is 5.39. The lowest BCUT2D eigenvalue weighted by Gasteiger charge is -2.03. The van der Waals surface area contributed by atoms with Gasteiger partial charge in [-0.05, 0) is 44.5 Å². The van der Waals surface area contributed by atoms with E-state index in [4.69, 9.17) is 0 Å². The number of fused-ring (bicyclic) bond motifs is 1. The molecule has 0 aliphatic heterocycles. The molecule has 0 bridgehead atoms. The van der Waals surface area contributed by atoms with Crippen molar-refractivity contribution in [3.63, 3.8) is 0 Å². The van der Waals surface area contributed by atoms with E-state index < -0.39 is 0 Å². The monoisotopic (exact) mass is 237 g/mol. The van der Waals surface area contributed by atoms with Crippen LogP contribution in [0.4, 0.5) is 0 Å².